The summed E-state index contributed by atoms with van der Waals surface area (Å²) in [6, 6.07) is 0. The third-order valence-corrected chi connectivity index (χ3v) is 5.16. The molecule has 6 heteroatoms. The lowest BCUT2D eigenvalue weighted by molar-refractivity contribution is -0.152. The van der Waals surface area contributed by atoms with Crippen LogP contribution in [0.1, 0.15) is 79.1 Å². The molecule has 6 nitrogen and oxygen atoms in total. The molecular formula is C22H42N2O4. The molecule has 2 atom stereocenters. The Bertz CT molecular complexity index is 392. The molecule has 0 bridgehead atoms. The summed E-state index contributed by atoms with van der Waals surface area (Å²) in [4.78, 5) is 28.7. The van der Waals surface area contributed by atoms with Crippen molar-refractivity contribution in [3.63, 3.8) is 0 Å². The number of nitrogens with zero attached hydrogens (tertiary/aromatic N) is 2. The van der Waals surface area contributed by atoms with Crippen LogP contribution in [-0.2, 0) is 19.1 Å². The van der Waals surface area contributed by atoms with Crippen LogP contribution in [0.3, 0.4) is 0 Å². The van der Waals surface area contributed by atoms with Crippen LogP contribution in [0.15, 0.2) is 0 Å². The Hall–Kier alpha value is -1.14. The predicted octanol–water partition coefficient (Wildman–Crippen LogP) is 3.63. The van der Waals surface area contributed by atoms with Crippen molar-refractivity contribution in [2.75, 3.05) is 39.4 Å². The minimum Gasteiger partial charge on any atom is -0.366 e. The average molecular weight is 399 g/mol. The van der Waals surface area contributed by atoms with Crippen molar-refractivity contribution in [1.82, 2.24) is 9.80 Å². The second kappa shape index (κ2) is 14.8. The number of amides is 2. The summed E-state index contributed by atoms with van der Waals surface area (Å²) in [5, 5.41) is 0. The van der Waals surface area contributed by atoms with E-state index in [0.29, 0.717) is 0 Å². The Labute approximate surface area is 171 Å². The zero-order valence-electron chi connectivity index (χ0n) is 18.6. The molecule has 1 aliphatic carbocycles. The molecule has 0 saturated heterocycles. The maximum Gasteiger partial charge on any atom is 0.248 e. The van der Waals surface area contributed by atoms with Gasteiger partial charge in [0, 0.05) is 26.2 Å². The van der Waals surface area contributed by atoms with Crippen LogP contribution in [-0.4, -0.2) is 73.2 Å². The van der Waals surface area contributed by atoms with Gasteiger partial charge in [-0.3, -0.25) is 9.59 Å². The number of carbonyl (C=O) groups excluding carboxylic acids is 2. The molecule has 0 aromatic rings. The van der Waals surface area contributed by atoms with Crippen molar-refractivity contribution in [2.45, 2.75) is 91.3 Å². The van der Waals surface area contributed by atoms with Gasteiger partial charge in [-0.2, -0.15) is 0 Å². The number of rotatable bonds is 14. The summed E-state index contributed by atoms with van der Waals surface area (Å²) >= 11 is 0. The highest BCUT2D eigenvalue weighted by atomic mass is 16.5. The number of carbonyl (C=O) groups is 2. The molecule has 0 aromatic carbocycles. The van der Waals surface area contributed by atoms with Crippen LogP contribution >= 0.6 is 0 Å². The average Bonchev–Trinajstić information content (AvgIpc) is 2.70. The van der Waals surface area contributed by atoms with E-state index in [4.69, 9.17) is 9.47 Å². The van der Waals surface area contributed by atoms with E-state index in [1.807, 2.05) is 9.80 Å². The van der Waals surface area contributed by atoms with Gasteiger partial charge in [-0.05, 0) is 38.5 Å². The van der Waals surface area contributed by atoms with E-state index in [2.05, 4.69) is 27.7 Å². The molecule has 0 radical (unpaired) electrons. The minimum absolute atomic E-state index is 0.0566. The first kappa shape index (κ1) is 24.9. The van der Waals surface area contributed by atoms with E-state index in [1.165, 1.54) is 0 Å². The molecule has 28 heavy (non-hydrogen) atoms. The molecule has 164 valence electrons. The lowest BCUT2D eigenvalue weighted by Gasteiger charge is -2.32. The van der Waals surface area contributed by atoms with Crippen molar-refractivity contribution >= 4 is 11.8 Å². The van der Waals surface area contributed by atoms with Crippen molar-refractivity contribution < 1.29 is 19.1 Å². The Morgan fingerprint density at radius 1 is 0.679 bits per heavy atom. The Morgan fingerprint density at radius 2 is 1.00 bits per heavy atom. The molecule has 2 amide bonds. The summed E-state index contributed by atoms with van der Waals surface area (Å²) in [7, 11) is 0. The largest absolute Gasteiger partial charge is 0.366 e. The number of hydrogen-bond acceptors (Lipinski definition) is 4. The third kappa shape index (κ3) is 8.91. The summed E-state index contributed by atoms with van der Waals surface area (Å²) in [5.41, 5.74) is 0. The molecule has 1 saturated carbocycles. The van der Waals surface area contributed by atoms with Gasteiger partial charge in [0.15, 0.2) is 0 Å². The molecular weight excluding hydrogens is 356 g/mol. The minimum atomic E-state index is -0.0959. The molecule has 0 aliphatic heterocycles. The van der Waals surface area contributed by atoms with Gasteiger partial charge in [0.1, 0.15) is 13.2 Å². The summed E-state index contributed by atoms with van der Waals surface area (Å²) < 4.78 is 12.0. The van der Waals surface area contributed by atoms with Crippen molar-refractivity contribution in [1.29, 1.82) is 0 Å². The van der Waals surface area contributed by atoms with Gasteiger partial charge in [-0.15, -0.1) is 0 Å². The first-order chi connectivity index (χ1) is 13.6. The van der Waals surface area contributed by atoms with Crippen LogP contribution in [0.4, 0.5) is 0 Å². The maximum atomic E-state index is 12.5. The fourth-order valence-electron chi connectivity index (χ4n) is 3.79. The summed E-state index contributed by atoms with van der Waals surface area (Å²) in [5.74, 6) is 0.113. The van der Waals surface area contributed by atoms with Gasteiger partial charge in [0.05, 0.1) is 12.2 Å². The van der Waals surface area contributed by atoms with Gasteiger partial charge < -0.3 is 19.3 Å². The predicted molar refractivity (Wildman–Crippen MR) is 112 cm³/mol. The Morgan fingerprint density at radius 3 is 1.29 bits per heavy atom. The summed E-state index contributed by atoms with van der Waals surface area (Å²) in [6.07, 6.45) is 7.57. The lowest BCUT2D eigenvalue weighted by atomic mass is 9.94. The van der Waals surface area contributed by atoms with E-state index in [9.17, 15) is 9.59 Å². The highest BCUT2D eigenvalue weighted by Gasteiger charge is 2.29. The second-order valence-electron chi connectivity index (χ2n) is 7.74. The molecule has 1 aliphatic rings. The number of ether oxygens (including phenoxy) is 2. The highest BCUT2D eigenvalue weighted by Crippen LogP contribution is 2.24. The van der Waals surface area contributed by atoms with Crippen molar-refractivity contribution in [2.24, 2.45) is 0 Å². The van der Waals surface area contributed by atoms with Crippen LogP contribution in [0.5, 0.6) is 0 Å². The van der Waals surface area contributed by atoms with E-state index >= 15 is 0 Å². The molecule has 0 unspecified atom stereocenters. The first-order valence-electron chi connectivity index (χ1n) is 11.4. The SMILES string of the molecule is CCCN(CCC)C(=O)CO[C@@H]1CCCC[C@H]1OCC(=O)N(CCC)CCC. The third-order valence-electron chi connectivity index (χ3n) is 5.16. The first-order valence-corrected chi connectivity index (χ1v) is 11.4. The van der Waals surface area contributed by atoms with Gasteiger partial charge >= 0.3 is 0 Å². The standard InChI is InChI=1S/C22H42N2O4/c1-5-13-23(14-6-2)21(25)17-27-19-11-9-10-12-20(19)28-18-22(26)24(15-7-3)16-8-4/h19-20H,5-18H2,1-4H3/t19-,20-/m1/s1. The molecule has 0 spiro atoms. The van der Waals surface area contributed by atoms with Crippen LogP contribution < -0.4 is 0 Å². The lowest BCUT2D eigenvalue weighted by Crippen LogP contribution is -2.42. The quantitative estimate of drug-likeness (QED) is 0.448. The van der Waals surface area contributed by atoms with E-state index in [-0.39, 0.29) is 37.2 Å². The van der Waals surface area contributed by atoms with Crippen LogP contribution in [0.25, 0.3) is 0 Å². The summed E-state index contributed by atoms with van der Waals surface area (Å²) in [6.45, 7) is 11.7. The zero-order valence-corrected chi connectivity index (χ0v) is 18.6. The molecule has 0 N–H and O–H groups in total. The van der Waals surface area contributed by atoms with E-state index in [1.54, 1.807) is 0 Å². The Kier molecular flexibility index (Phi) is 13.2. The maximum absolute atomic E-state index is 12.5. The fraction of sp³-hybridized carbons (Fsp3) is 0.909. The van der Waals surface area contributed by atoms with Gasteiger partial charge in [-0.1, -0.05) is 40.5 Å². The second-order valence-corrected chi connectivity index (χ2v) is 7.74. The topological polar surface area (TPSA) is 59.1 Å². The van der Waals surface area contributed by atoms with Crippen molar-refractivity contribution in [3.8, 4) is 0 Å². The molecule has 1 rings (SSSR count). The number of hydrogen-bond donors (Lipinski definition) is 0. The highest BCUT2D eigenvalue weighted by molar-refractivity contribution is 5.77. The van der Waals surface area contributed by atoms with E-state index in [0.717, 1.165) is 77.5 Å². The zero-order chi connectivity index (χ0) is 20.8. The van der Waals surface area contributed by atoms with Crippen LogP contribution in [0, 0.1) is 0 Å². The monoisotopic (exact) mass is 398 g/mol. The Balaban J connectivity index is 2.52. The molecule has 0 heterocycles. The van der Waals surface area contributed by atoms with Gasteiger partial charge in [0.2, 0.25) is 11.8 Å². The van der Waals surface area contributed by atoms with Crippen molar-refractivity contribution in [3.05, 3.63) is 0 Å². The fourth-order valence-corrected chi connectivity index (χ4v) is 3.79. The normalized spacial score (nSPS) is 19.4. The van der Waals surface area contributed by atoms with E-state index < -0.39 is 0 Å². The smallest absolute Gasteiger partial charge is 0.248 e. The molecule has 1 fully saturated rings. The van der Waals surface area contributed by atoms with Crippen LogP contribution in [0.2, 0.25) is 0 Å². The van der Waals surface area contributed by atoms with Gasteiger partial charge in [-0.25, -0.2) is 0 Å². The molecule has 0 aromatic heterocycles. The van der Waals surface area contributed by atoms with Gasteiger partial charge in [0.25, 0.3) is 0 Å².